The Bertz CT molecular complexity index is 972. The van der Waals surface area contributed by atoms with Crippen LogP contribution in [0.4, 0.5) is 0 Å². The zero-order valence-corrected chi connectivity index (χ0v) is 24.0. The molecule has 1 saturated carbocycles. The summed E-state index contributed by atoms with van der Waals surface area (Å²) in [7, 11) is 0. The van der Waals surface area contributed by atoms with E-state index in [2.05, 4.69) is 5.32 Å². The fraction of sp³-hybridized carbons (Fsp3) is 0.923. The Morgan fingerprint density at radius 1 is 0.622 bits per heavy atom. The van der Waals surface area contributed by atoms with E-state index < -0.39 is 142 Å². The summed E-state index contributed by atoms with van der Waals surface area (Å²) >= 11 is 0. The minimum atomic E-state index is -1.80. The Labute approximate surface area is 256 Å². The van der Waals surface area contributed by atoms with Crippen LogP contribution in [0, 0.1) is 5.92 Å². The highest BCUT2D eigenvalue weighted by atomic mass is 16.7. The van der Waals surface area contributed by atoms with Gasteiger partial charge in [0.25, 0.3) is 0 Å². The number of ether oxygens (including phenoxy) is 4. The van der Waals surface area contributed by atoms with Crippen molar-refractivity contribution in [3.05, 3.63) is 11.6 Å². The molecule has 2 aliphatic heterocycles. The molecule has 0 spiro atoms. The van der Waals surface area contributed by atoms with Gasteiger partial charge in [0.05, 0.1) is 38.1 Å². The number of rotatable bonds is 10. The van der Waals surface area contributed by atoms with Crippen LogP contribution in [-0.4, -0.2) is 208 Å². The van der Waals surface area contributed by atoms with Crippen LogP contribution in [0.5, 0.6) is 0 Å². The third kappa shape index (κ3) is 7.52. The smallest absolute Gasteiger partial charge is 0.187 e. The predicted molar refractivity (Wildman–Crippen MR) is 142 cm³/mol. The maximum Gasteiger partial charge on any atom is 0.187 e. The lowest BCUT2D eigenvalue weighted by molar-refractivity contribution is -0.328. The zero-order chi connectivity index (χ0) is 33.3. The standard InChI is InChI=1S/C26H45NO18/c28-3-7-1-9(15(33)21(39)24(7)45-26-23(41)20(38)17(35)12(5-30)44-26)27-10-2-8(13(31)18(36)14(10)32)6-42-25-22(40)19(37)16(34)11(4-29)43-25/h2,7,9-41H,1,3-6H2/t7-,9+,10+,11-,12-,13-,14+,15+,16-,17-,18+,19+,20+,21-,22-,23-,24-,25-,26+/m1/s1. The SMILES string of the molecule is OC[C@H]1C[C@H](N[C@H]2C=C(CO[C@@H]3O[C@H](CO)[C@@H](O)[C@H](O)[C@H]3O)[C@@H](O)[C@H](O)[C@H]2O)[C@H](O)[C@@H](O)[C@@H]1O[C@@H]1O[C@H](CO)[C@@H](O)[C@H](O)[C@H]1O. The fourth-order valence-corrected chi connectivity index (χ4v) is 6.14. The lowest BCUT2D eigenvalue weighted by atomic mass is 9.78. The Hall–Kier alpha value is -1.02. The molecule has 2 heterocycles. The van der Waals surface area contributed by atoms with E-state index >= 15 is 0 Å². The molecule has 19 nitrogen and oxygen atoms in total. The van der Waals surface area contributed by atoms with Gasteiger partial charge in [0.2, 0.25) is 0 Å². The molecule has 0 bridgehead atoms. The first-order valence-electron chi connectivity index (χ1n) is 14.6. The van der Waals surface area contributed by atoms with E-state index in [-0.39, 0.29) is 12.0 Å². The van der Waals surface area contributed by atoms with Gasteiger partial charge in [-0.2, -0.15) is 0 Å². The monoisotopic (exact) mass is 659 g/mol. The number of hydrogen-bond acceptors (Lipinski definition) is 19. The summed E-state index contributed by atoms with van der Waals surface area (Å²) in [5, 5.41) is 146. The minimum Gasteiger partial charge on any atom is -0.396 e. The van der Waals surface area contributed by atoms with E-state index in [1.165, 1.54) is 6.08 Å². The highest BCUT2D eigenvalue weighted by Crippen LogP contribution is 2.33. The van der Waals surface area contributed by atoms with Crippen molar-refractivity contribution in [3.8, 4) is 0 Å². The first kappa shape index (κ1) is 36.8. The van der Waals surface area contributed by atoms with Crippen molar-refractivity contribution in [3.63, 3.8) is 0 Å². The van der Waals surface area contributed by atoms with Crippen LogP contribution in [0.25, 0.3) is 0 Å². The van der Waals surface area contributed by atoms with Gasteiger partial charge >= 0.3 is 0 Å². The van der Waals surface area contributed by atoms with Gasteiger partial charge < -0.3 is 95.8 Å². The van der Waals surface area contributed by atoms with Gasteiger partial charge in [-0.1, -0.05) is 6.08 Å². The summed E-state index contributed by atoms with van der Waals surface area (Å²) in [6.45, 7) is -2.56. The second kappa shape index (κ2) is 15.5. The molecule has 0 amide bonds. The third-order valence-electron chi connectivity index (χ3n) is 8.98. The van der Waals surface area contributed by atoms with Crippen LogP contribution in [-0.2, 0) is 18.9 Å². The lowest BCUT2D eigenvalue weighted by Gasteiger charge is -2.47. The van der Waals surface area contributed by atoms with Crippen molar-refractivity contribution >= 4 is 0 Å². The second-order valence-corrected chi connectivity index (χ2v) is 11.9. The molecular formula is C26H45NO18. The molecule has 0 radical (unpaired) electrons. The van der Waals surface area contributed by atoms with E-state index in [9.17, 15) is 71.5 Å². The number of hydrogen-bond donors (Lipinski definition) is 15. The van der Waals surface area contributed by atoms with Gasteiger partial charge in [0.1, 0.15) is 73.2 Å². The molecule has 4 aliphatic rings. The van der Waals surface area contributed by atoms with E-state index in [4.69, 9.17) is 18.9 Å². The molecule has 0 aromatic rings. The van der Waals surface area contributed by atoms with Crippen LogP contribution in [0.15, 0.2) is 11.6 Å². The Kier molecular flexibility index (Phi) is 12.7. The van der Waals surface area contributed by atoms with E-state index in [0.717, 1.165) is 0 Å². The summed E-state index contributed by atoms with van der Waals surface area (Å²) < 4.78 is 21.7. The Morgan fingerprint density at radius 2 is 1.18 bits per heavy atom. The van der Waals surface area contributed by atoms with Gasteiger partial charge in [0, 0.05) is 18.6 Å². The predicted octanol–water partition coefficient (Wildman–Crippen LogP) is -8.93. The van der Waals surface area contributed by atoms with E-state index in [1.54, 1.807) is 0 Å². The molecule has 0 aromatic carbocycles. The lowest BCUT2D eigenvalue weighted by Crippen LogP contribution is -2.66. The van der Waals surface area contributed by atoms with Crippen LogP contribution < -0.4 is 5.32 Å². The maximum atomic E-state index is 11.0. The molecule has 0 aromatic heterocycles. The highest BCUT2D eigenvalue weighted by molar-refractivity contribution is 5.22. The number of nitrogens with one attached hydrogen (secondary N) is 1. The minimum absolute atomic E-state index is 0.0179. The van der Waals surface area contributed by atoms with Crippen molar-refractivity contribution in [2.75, 3.05) is 26.4 Å². The first-order chi connectivity index (χ1) is 21.2. The highest BCUT2D eigenvalue weighted by Gasteiger charge is 2.51. The van der Waals surface area contributed by atoms with Gasteiger partial charge in [0.15, 0.2) is 12.6 Å². The average Bonchev–Trinajstić information content (AvgIpc) is 3.03. The number of aliphatic hydroxyl groups excluding tert-OH is 14. The van der Waals surface area contributed by atoms with Crippen LogP contribution in [0.2, 0.25) is 0 Å². The Balaban J connectivity index is 1.44. The van der Waals surface area contributed by atoms with Crippen molar-refractivity contribution in [1.82, 2.24) is 5.32 Å². The van der Waals surface area contributed by atoms with Crippen molar-refractivity contribution in [2.24, 2.45) is 5.92 Å². The third-order valence-corrected chi connectivity index (χ3v) is 8.98. The molecule has 45 heavy (non-hydrogen) atoms. The van der Waals surface area contributed by atoms with Crippen molar-refractivity contribution < 1.29 is 90.4 Å². The topological polar surface area (TPSA) is 332 Å². The zero-order valence-electron chi connectivity index (χ0n) is 24.0. The van der Waals surface area contributed by atoms with Crippen molar-refractivity contribution in [2.45, 2.75) is 117 Å². The molecular weight excluding hydrogens is 614 g/mol. The van der Waals surface area contributed by atoms with Crippen LogP contribution >= 0.6 is 0 Å². The average molecular weight is 660 g/mol. The molecule has 0 unspecified atom stereocenters. The Morgan fingerprint density at radius 3 is 1.73 bits per heavy atom. The molecule has 19 atom stereocenters. The molecule has 4 rings (SSSR count). The molecule has 2 aliphatic carbocycles. The summed E-state index contributed by atoms with van der Waals surface area (Å²) in [6.07, 6.45) is -24.7. The normalized spacial score (nSPS) is 51.2. The largest absolute Gasteiger partial charge is 0.396 e. The maximum absolute atomic E-state index is 11.0. The summed E-state index contributed by atoms with van der Waals surface area (Å²) in [6, 6.07) is -2.23. The second-order valence-electron chi connectivity index (χ2n) is 11.9. The number of aliphatic hydroxyl groups is 14. The van der Waals surface area contributed by atoms with E-state index in [0.29, 0.717) is 0 Å². The van der Waals surface area contributed by atoms with Gasteiger partial charge in [-0.25, -0.2) is 0 Å². The van der Waals surface area contributed by atoms with Gasteiger partial charge in [-0.15, -0.1) is 0 Å². The molecule has 262 valence electrons. The molecule has 19 heteroatoms. The van der Waals surface area contributed by atoms with Crippen molar-refractivity contribution in [1.29, 1.82) is 0 Å². The summed E-state index contributed by atoms with van der Waals surface area (Å²) in [4.78, 5) is 0. The van der Waals surface area contributed by atoms with Crippen LogP contribution in [0.3, 0.4) is 0 Å². The molecule has 2 saturated heterocycles. The van der Waals surface area contributed by atoms with Crippen LogP contribution in [0.1, 0.15) is 6.42 Å². The first-order valence-corrected chi connectivity index (χ1v) is 14.6. The fourth-order valence-electron chi connectivity index (χ4n) is 6.14. The quantitative estimate of drug-likeness (QED) is 0.0968. The molecule has 15 N–H and O–H groups in total. The van der Waals surface area contributed by atoms with Gasteiger partial charge in [-0.3, -0.25) is 0 Å². The summed E-state index contributed by atoms with van der Waals surface area (Å²) in [5.41, 5.74) is -0.0179. The summed E-state index contributed by atoms with van der Waals surface area (Å²) in [5.74, 6) is -0.928. The van der Waals surface area contributed by atoms with Gasteiger partial charge in [-0.05, 0) is 12.0 Å². The van der Waals surface area contributed by atoms with E-state index in [1.807, 2.05) is 0 Å². The molecule has 3 fully saturated rings.